The van der Waals surface area contributed by atoms with Crippen LogP contribution in [0, 0.1) is 0 Å². The van der Waals surface area contributed by atoms with Gasteiger partial charge in [0.1, 0.15) is 0 Å². The van der Waals surface area contributed by atoms with Crippen LogP contribution in [0.25, 0.3) is 0 Å². The average molecular weight is 346 g/mol. The molecule has 22 heavy (non-hydrogen) atoms. The summed E-state index contributed by atoms with van der Waals surface area (Å²) in [7, 11) is 0. The van der Waals surface area contributed by atoms with E-state index in [4.69, 9.17) is 5.73 Å². The molecule has 0 amide bonds. The summed E-state index contributed by atoms with van der Waals surface area (Å²) in [6.45, 7) is 6.18. The first kappa shape index (κ1) is 19.6. The Hall–Kier alpha value is -0.480. The third-order valence-corrected chi connectivity index (χ3v) is 4.82. The van der Waals surface area contributed by atoms with Crippen LogP contribution in [0.3, 0.4) is 0 Å². The predicted molar refractivity (Wildman–Crippen MR) is 99.1 cm³/mol. The van der Waals surface area contributed by atoms with Gasteiger partial charge in [0.15, 0.2) is 0 Å². The number of likely N-dealkylation sites (tertiary alicyclic amines) is 2. The summed E-state index contributed by atoms with van der Waals surface area (Å²) in [5.74, 6) is 0. The largest absolute Gasteiger partial charge is 0.399 e. The molecule has 2 fully saturated rings. The average Bonchev–Trinajstić information content (AvgIpc) is 2.49. The van der Waals surface area contributed by atoms with Gasteiger partial charge in [-0.2, -0.15) is 0 Å². The zero-order valence-corrected chi connectivity index (χ0v) is 14.9. The van der Waals surface area contributed by atoms with Crippen molar-refractivity contribution < 1.29 is 0 Å². The van der Waals surface area contributed by atoms with Crippen molar-refractivity contribution in [3.05, 3.63) is 29.8 Å². The zero-order valence-electron chi connectivity index (χ0n) is 13.2. The summed E-state index contributed by atoms with van der Waals surface area (Å²) in [6, 6.07) is 9.16. The Morgan fingerprint density at radius 3 is 2.27 bits per heavy atom. The fraction of sp³-hybridized carbons (Fsp3) is 0.647. The molecule has 0 radical (unpaired) electrons. The first-order valence-corrected chi connectivity index (χ1v) is 8.12. The molecule has 3 nitrogen and oxygen atoms in total. The lowest BCUT2D eigenvalue weighted by Crippen LogP contribution is -2.46. The molecule has 2 N–H and O–H groups in total. The highest BCUT2D eigenvalue weighted by Crippen LogP contribution is 2.22. The molecule has 0 bridgehead atoms. The van der Waals surface area contributed by atoms with E-state index in [9.17, 15) is 0 Å². The first-order valence-electron chi connectivity index (χ1n) is 8.12. The lowest BCUT2D eigenvalue weighted by Gasteiger charge is -2.40. The molecule has 5 heteroatoms. The molecule has 0 spiro atoms. The molecule has 2 aliphatic rings. The van der Waals surface area contributed by atoms with Gasteiger partial charge in [-0.3, -0.25) is 4.90 Å². The van der Waals surface area contributed by atoms with Gasteiger partial charge in [0.25, 0.3) is 0 Å². The van der Waals surface area contributed by atoms with Gasteiger partial charge in [-0.15, -0.1) is 24.8 Å². The minimum absolute atomic E-state index is 0. The second-order valence-corrected chi connectivity index (χ2v) is 6.35. The maximum atomic E-state index is 5.86. The van der Waals surface area contributed by atoms with Gasteiger partial charge >= 0.3 is 0 Å². The van der Waals surface area contributed by atoms with E-state index in [0.717, 1.165) is 18.3 Å². The Balaban J connectivity index is 0.00000121. The summed E-state index contributed by atoms with van der Waals surface area (Å²) in [5, 5.41) is 0. The van der Waals surface area contributed by atoms with Gasteiger partial charge in [-0.05, 0) is 69.6 Å². The molecule has 3 rings (SSSR count). The van der Waals surface area contributed by atoms with Crippen molar-refractivity contribution in [1.29, 1.82) is 0 Å². The molecular formula is C17H29Cl2N3. The molecule has 0 aliphatic carbocycles. The Labute approximate surface area is 147 Å². The summed E-state index contributed by atoms with van der Waals surface area (Å²) < 4.78 is 0. The fourth-order valence-electron chi connectivity index (χ4n) is 3.68. The van der Waals surface area contributed by atoms with Crippen LogP contribution in [-0.2, 0) is 6.54 Å². The quantitative estimate of drug-likeness (QED) is 0.850. The second-order valence-electron chi connectivity index (χ2n) is 6.35. The third-order valence-electron chi connectivity index (χ3n) is 4.82. The molecule has 1 aromatic carbocycles. The molecule has 0 aromatic heterocycles. The Morgan fingerprint density at radius 2 is 1.64 bits per heavy atom. The Morgan fingerprint density at radius 1 is 0.955 bits per heavy atom. The van der Waals surface area contributed by atoms with Crippen molar-refractivity contribution in [2.75, 3.05) is 31.9 Å². The number of hydrogen-bond donors (Lipinski definition) is 1. The number of benzene rings is 1. The number of rotatable bonds is 3. The van der Waals surface area contributed by atoms with E-state index in [-0.39, 0.29) is 24.8 Å². The van der Waals surface area contributed by atoms with E-state index < -0.39 is 0 Å². The maximum Gasteiger partial charge on any atom is 0.0317 e. The summed E-state index contributed by atoms with van der Waals surface area (Å²) in [4.78, 5) is 5.32. The van der Waals surface area contributed by atoms with Gasteiger partial charge in [-0.1, -0.05) is 18.6 Å². The van der Waals surface area contributed by atoms with Gasteiger partial charge in [0.2, 0.25) is 0 Å². The monoisotopic (exact) mass is 345 g/mol. The topological polar surface area (TPSA) is 32.5 Å². The van der Waals surface area contributed by atoms with Crippen molar-refractivity contribution >= 4 is 30.5 Å². The van der Waals surface area contributed by atoms with E-state index in [1.54, 1.807) is 0 Å². The highest BCUT2D eigenvalue weighted by Gasteiger charge is 2.25. The van der Waals surface area contributed by atoms with Crippen LogP contribution in [0.2, 0.25) is 0 Å². The van der Waals surface area contributed by atoms with Gasteiger partial charge in [-0.25, -0.2) is 0 Å². The van der Waals surface area contributed by atoms with Crippen LogP contribution in [0.4, 0.5) is 5.69 Å². The molecule has 0 atom stereocenters. The van der Waals surface area contributed by atoms with E-state index in [0.29, 0.717) is 0 Å². The lowest BCUT2D eigenvalue weighted by molar-refractivity contribution is 0.0896. The number of hydrogen-bond acceptors (Lipinski definition) is 3. The molecule has 0 unspecified atom stereocenters. The molecule has 2 saturated heterocycles. The van der Waals surface area contributed by atoms with Crippen LogP contribution in [0.5, 0.6) is 0 Å². The summed E-state index contributed by atoms with van der Waals surface area (Å²) >= 11 is 0. The van der Waals surface area contributed by atoms with Crippen molar-refractivity contribution in [3.63, 3.8) is 0 Å². The standard InChI is InChI=1S/C17H27N3.2ClH/c18-16-6-4-5-15(13-16)14-19-11-7-17(8-12-19)20-9-2-1-3-10-20;;/h4-6,13,17H,1-3,7-12,14,18H2;2*1H. The number of nitrogens with two attached hydrogens (primary N) is 1. The molecule has 126 valence electrons. The van der Waals surface area contributed by atoms with E-state index >= 15 is 0 Å². The maximum absolute atomic E-state index is 5.86. The minimum atomic E-state index is 0. The van der Waals surface area contributed by atoms with Gasteiger partial charge in [0.05, 0.1) is 0 Å². The Kier molecular flexibility index (Phi) is 8.55. The highest BCUT2D eigenvalue weighted by molar-refractivity contribution is 5.85. The van der Waals surface area contributed by atoms with Gasteiger partial charge < -0.3 is 10.6 Å². The van der Waals surface area contributed by atoms with Crippen molar-refractivity contribution in [3.8, 4) is 0 Å². The lowest BCUT2D eigenvalue weighted by atomic mass is 9.99. The fourth-order valence-corrected chi connectivity index (χ4v) is 3.68. The highest BCUT2D eigenvalue weighted by atomic mass is 35.5. The van der Waals surface area contributed by atoms with Crippen molar-refractivity contribution in [1.82, 2.24) is 9.80 Å². The summed E-state index contributed by atoms with van der Waals surface area (Å²) in [5.41, 5.74) is 8.09. The Bertz CT molecular complexity index is 428. The second kappa shape index (κ2) is 9.61. The third kappa shape index (κ3) is 5.31. The first-order chi connectivity index (χ1) is 9.81. The number of nitrogens with zero attached hydrogens (tertiary/aromatic N) is 2. The molecule has 0 saturated carbocycles. The molecule has 2 heterocycles. The van der Waals surface area contributed by atoms with Gasteiger partial charge in [0, 0.05) is 18.3 Å². The van der Waals surface area contributed by atoms with E-state index in [2.05, 4.69) is 28.0 Å². The van der Waals surface area contributed by atoms with Crippen LogP contribution in [0.1, 0.15) is 37.7 Å². The molecule has 1 aromatic rings. The predicted octanol–water partition coefficient (Wildman–Crippen LogP) is 3.56. The van der Waals surface area contributed by atoms with Crippen LogP contribution < -0.4 is 5.73 Å². The normalized spacial score (nSPS) is 20.9. The van der Waals surface area contributed by atoms with Crippen LogP contribution >= 0.6 is 24.8 Å². The van der Waals surface area contributed by atoms with Crippen molar-refractivity contribution in [2.45, 2.75) is 44.7 Å². The number of piperidine rings is 2. The number of nitrogen functional groups attached to an aromatic ring is 1. The summed E-state index contributed by atoms with van der Waals surface area (Å²) in [6.07, 6.45) is 6.92. The molecule has 2 aliphatic heterocycles. The smallest absolute Gasteiger partial charge is 0.0317 e. The van der Waals surface area contributed by atoms with Crippen molar-refractivity contribution in [2.24, 2.45) is 0 Å². The number of anilines is 1. The van der Waals surface area contributed by atoms with Crippen LogP contribution in [0.15, 0.2) is 24.3 Å². The molecular weight excluding hydrogens is 317 g/mol. The minimum Gasteiger partial charge on any atom is -0.399 e. The number of halogens is 2. The SMILES string of the molecule is Cl.Cl.Nc1cccc(CN2CCC(N3CCCCC3)CC2)c1. The van der Waals surface area contributed by atoms with E-state index in [1.165, 1.54) is 63.8 Å². The zero-order chi connectivity index (χ0) is 13.8. The van der Waals surface area contributed by atoms with E-state index in [1.807, 2.05) is 6.07 Å². The van der Waals surface area contributed by atoms with Crippen LogP contribution in [-0.4, -0.2) is 42.0 Å².